The second kappa shape index (κ2) is 4.74. The first-order valence-electron chi connectivity index (χ1n) is 3.46. The van der Waals surface area contributed by atoms with Gasteiger partial charge in [-0.05, 0) is 11.8 Å². The molecule has 0 amide bonds. The fraction of sp³-hybridized carbons (Fsp3) is 0.286. The zero-order chi connectivity index (χ0) is 9.84. The summed E-state index contributed by atoms with van der Waals surface area (Å²) in [6, 6.07) is 0. The van der Waals surface area contributed by atoms with E-state index < -0.39 is 0 Å². The summed E-state index contributed by atoms with van der Waals surface area (Å²) in [5.41, 5.74) is 0. The van der Waals surface area contributed by atoms with E-state index >= 15 is 0 Å². The van der Waals surface area contributed by atoms with E-state index in [1.54, 1.807) is 6.20 Å². The van der Waals surface area contributed by atoms with Crippen LogP contribution < -0.4 is 0 Å². The van der Waals surface area contributed by atoms with E-state index in [1.807, 2.05) is 19.0 Å². The highest BCUT2D eigenvalue weighted by molar-refractivity contribution is 8.22. The lowest BCUT2D eigenvalue weighted by Crippen LogP contribution is -2.15. The number of hydrogen-bond acceptors (Lipinski definition) is 4. The molecular weight excluding hydrogens is 226 g/mol. The second-order valence-electron chi connectivity index (χ2n) is 2.44. The van der Waals surface area contributed by atoms with Crippen molar-refractivity contribution in [3.63, 3.8) is 0 Å². The maximum Gasteiger partial charge on any atom is 0.148 e. The molecule has 0 atom stereocenters. The maximum atomic E-state index is 5.66. The molecule has 0 aliphatic heterocycles. The van der Waals surface area contributed by atoms with Gasteiger partial charge in [0.2, 0.25) is 0 Å². The van der Waals surface area contributed by atoms with Gasteiger partial charge >= 0.3 is 0 Å². The lowest BCUT2D eigenvalue weighted by atomic mass is 10.8. The Morgan fingerprint density at radius 2 is 2.23 bits per heavy atom. The van der Waals surface area contributed by atoms with E-state index in [0.717, 1.165) is 4.32 Å². The summed E-state index contributed by atoms with van der Waals surface area (Å²) in [4.78, 5) is 9.79. The number of nitrogens with zero attached hydrogens (tertiary/aromatic N) is 3. The topological polar surface area (TPSA) is 29.0 Å². The van der Waals surface area contributed by atoms with Gasteiger partial charge in [-0.25, -0.2) is 4.98 Å². The molecule has 0 aliphatic rings. The van der Waals surface area contributed by atoms with Crippen LogP contribution in [-0.4, -0.2) is 33.3 Å². The molecule has 3 nitrogen and oxygen atoms in total. The lowest BCUT2D eigenvalue weighted by Gasteiger charge is -2.11. The van der Waals surface area contributed by atoms with Crippen molar-refractivity contribution in [3.8, 4) is 0 Å². The van der Waals surface area contributed by atoms with Crippen LogP contribution in [-0.2, 0) is 0 Å². The fourth-order valence-corrected chi connectivity index (χ4v) is 1.63. The van der Waals surface area contributed by atoms with Crippen LogP contribution in [0.1, 0.15) is 0 Å². The molecule has 0 unspecified atom stereocenters. The predicted octanol–water partition coefficient (Wildman–Crippen LogP) is 2.07. The Morgan fingerprint density at radius 1 is 1.54 bits per heavy atom. The minimum Gasteiger partial charge on any atom is -0.363 e. The number of rotatable bonds is 1. The number of thioether (sulfide) groups is 1. The molecule has 70 valence electrons. The fourth-order valence-electron chi connectivity index (χ4n) is 0.555. The Kier molecular flexibility index (Phi) is 3.90. The Morgan fingerprint density at radius 3 is 2.77 bits per heavy atom. The highest BCUT2D eigenvalue weighted by Gasteiger charge is 2.04. The van der Waals surface area contributed by atoms with Crippen molar-refractivity contribution in [1.82, 2.24) is 14.9 Å². The van der Waals surface area contributed by atoms with Crippen molar-refractivity contribution in [2.75, 3.05) is 14.1 Å². The van der Waals surface area contributed by atoms with E-state index in [0.29, 0.717) is 10.2 Å². The molecular formula is C7H8ClN3S2. The van der Waals surface area contributed by atoms with Crippen molar-refractivity contribution in [3.05, 3.63) is 17.5 Å². The highest BCUT2D eigenvalue weighted by Crippen LogP contribution is 2.18. The molecule has 1 rings (SSSR count). The van der Waals surface area contributed by atoms with Crippen molar-refractivity contribution in [2.24, 2.45) is 0 Å². The van der Waals surface area contributed by atoms with Crippen LogP contribution in [0.4, 0.5) is 0 Å². The molecule has 1 aromatic heterocycles. The first-order chi connectivity index (χ1) is 6.09. The van der Waals surface area contributed by atoms with Crippen LogP contribution in [0.3, 0.4) is 0 Å². The second-order valence-corrected chi connectivity index (χ2v) is 4.48. The summed E-state index contributed by atoms with van der Waals surface area (Å²) in [6.45, 7) is 0. The molecule has 13 heavy (non-hydrogen) atoms. The third-order valence-electron chi connectivity index (χ3n) is 1.14. The van der Waals surface area contributed by atoms with Crippen molar-refractivity contribution < 1.29 is 0 Å². The third-order valence-corrected chi connectivity index (χ3v) is 2.88. The van der Waals surface area contributed by atoms with Crippen LogP contribution >= 0.6 is 35.6 Å². The SMILES string of the molecule is CN(C)C(=S)Sc1cncc(Cl)n1. The Balaban J connectivity index is 2.69. The number of aromatic nitrogens is 2. The molecule has 0 saturated carbocycles. The number of halogens is 1. The van der Waals surface area contributed by atoms with Gasteiger partial charge in [-0.2, -0.15) is 0 Å². The van der Waals surface area contributed by atoms with Gasteiger partial charge in [0.15, 0.2) is 0 Å². The summed E-state index contributed by atoms with van der Waals surface area (Å²) in [7, 11) is 3.76. The molecule has 0 fully saturated rings. The van der Waals surface area contributed by atoms with Crippen LogP contribution in [0.15, 0.2) is 17.4 Å². The van der Waals surface area contributed by atoms with Gasteiger partial charge in [0.1, 0.15) is 14.5 Å². The van der Waals surface area contributed by atoms with Gasteiger partial charge in [-0.3, -0.25) is 4.98 Å². The Bertz CT molecular complexity index is 316. The van der Waals surface area contributed by atoms with Gasteiger partial charge in [0, 0.05) is 14.1 Å². The minimum absolute atomic E-state index is 0.381. The van der Waals surface area contributed by atoms with Crippen LogP contribution in [0.5, 0.6) is 0 Å². The van der Waals surface area contributed by atoms with E-state index in [2.05, 4.69) is 9.97 Å². The average Bonchev–Trinajstić information content (AvgIpc) is 2.04. The third kappa shape index (κ3) is 3.46. The van der Waals surface area contributed by atoms with Gasteiger partial charge in [0.25, 0.3) is 0 Å². The van der Waals surface area contributed by atoms with Crippen molar-refractivity contribution in [1.29, 1.82) is 0 Å². The van der Waals surface area contributed by atoms with Crippen LogP contribution in [0.2, 0.25) is 5.15 Å². The van der Waals surface area contributed by atoms with Crippen molar-refractivity contribution in [2.45, 2.75) is 5.03 Å². The standard InChI is InChI=1S/C7H8ClN3S2/c1-11(2)7(12)13-6-4-9-3-5(8)10-6/h3-4H,1-2H3. The quantitative estimate of drug-likeness (QED) is 0.547. The zero-order valence-corrected chi connectivity index (χ0v) is 9.58. The van der Waals surface area contributed by atoms with Gasteiger partial charge in [0.05, 0.1) is 12.4 Å². The van der Waals surface area contributed by atoms with Crippen LogP contribution in [0.25, 0.3) is 0 Å². The van der Waals surface area contributed by atoms with E-state index in [-0.39, 0.29) is 0 Å². The van der Waals surface area contributed by atoms with Gasteiger partial charge in [-0.1, -0.05) is 23.8 Å². The first kappa shape index (κ1) is 10.7. The molecule has 1 heterocycles. The molecule has 1 aromatic rings. The molecule has 0 N–H and O–H groups in total. The maximum absolute atomic E-state index is 5.66. The summed E-state index contributed by atoms with van der Waals surface area (Å²) in [5.74, 6) is 0. The van der Waals surface area contributed by atoms with Gasteiger partial charge in [-0.15, -0.1) is 0 Å². The summed E-state index contributed by atoms with van der Waals surface area (Å²) >= 11 is 12.1. The molecule has 0 aromatic carbocycles. The predicted molar refractivity (Wildman–Crippen MR) is 59.2 cm³/mol. The molecule has 0 saturated heterocycles. The summed E-state index contributed by atoms with van der Waals surface area (Å²) in [5, 5.41) is 1.10. The smallest absolute Gasteiger partial charge is 0.148 e. The minimum atomic E-state index is 0.381. The lowest BCUT2D eigenvalue weighted by molar-refractivity contribution is 0.648. The number of hydrogen-bond donors (Lipinski definition) is 0. The number of thiocarbonyl (C=S) groups is 1. The first-order valence-corrected chi connectivity index (χ1v) is 5.06. The molecule has 0 spiro atoms. The van der Waals surface area contributed by atoms with Gasteiger partial charge < -0.3 is 4.90 Å². The largest absolute Gasteiger partial charge is 0.363 e. The normalized spacial score (nSPS) is 9.77. The average molecular weight is 234 g/mol. The molecule has 0 bridgehead atoms. The van der Waals surface area contributed by atoms with E-state index in [4.69, 9.17) is 23.8 Å². The monoisotopic (exact) mass is 233 g/mol. The molecule has 0 radical (unpaired) electrons. The van der Waals surface area contributed by atoms with E-state index in [9.17, 15) is 0 Å². The van der Waals surface area contributed by atoms with Crippen LogP contribution in [0, 0.1) is 0 Å². The summed E-state index contributed by atoms with van der Waals surface area (Å²) < 4.78 is 0.733. The van der Waals surface area contributed by atoms with Crippen molar-refractivity contribution >= 4 is 39.9 Å². The highest BCUT2D eigenvalue weighted by atomic mass is 35.5. The zero-order valence-electron chi connectivity index (χ0n) is 7.19. The summed E-state index contributed by atoms with van der Waals surface area (Å²) in [6.07, 6.45) is 3.12. The Hall–Kier alpha value is -0.390. The molecule has 6 heteroatoms. The van der Waals surface area contributed by atoms with E-state index in [1.165, 1.54) is 18.0 Å². The molecule has 0 aliphatic carbocycles. The Labute approximate surface area is 91.5 Å².